The van der Waals surface area contributed by atoms with Gasteiger partial charge < -0.3 is 10.2 Å². The molecule has 2 heterocycles. The highest BCUT2D eigenvalue weighted by Crippen LogP contribution is 2.59. The molecule has 0 bridgehead atoms. The van der Waals surface area contributed by atoms with Gasteiger partial charge in [0.15, 0.2) is 0 Å². The topological polar surface area (TPSA) is 62.3 Å². The third kappa shape index (κ3) is 4.39. The van der Waals surface area contributed by atoms with Gasteiger partial charge in [-0.2, -0.15) is 0 Å². The van der Waals surface area contributed by atoms with E-state index in [4.69, 9.17) is 0 Å². The first kappa shape index (κ1) is 19.4. The predicted octanol–water partition coefficient (Wildman–Crippen LogP) is 3.61. The maximum absolute atomic E-state index is 12.6. The van der Waals surface area contributed by atoms with Crippen molar-refractivity contribution in [1.82, 2.24) is 15.2 Å². The Morgan fingerprint density at radius 1 is 1.21 bits per heavy atom. The normalized spacial score (nSPS) is 23.8. The van der Waals surface area contributed by atoms with Crippen molar-refractivity contribution in [1.29, 1.82) is 0 Å². The van der Waals surface area contributed by atoms with Crippen LogP contribution in [0.1, 0.15) is 69.2 Å². The van der Waals surface area contributed by atoms with Crippen LogP contribution in [0.3, 0.4) is 0 Å². The maximum atomic E-state index is 12.6. The van der Waals surface area contributed by atoms with Crippen molar-refractivity contribution in [2.75, 3.05) is 13.1 Å². The Labute approximate surface area is 168 Å². The molecule has 1 spiro atoms. The number of nitrogens with zero attached hydrogens (tertiary/aromatic N) is 2. The van der Waals surface area contributed by atoms with Gasteiger partial charge in [-0.05, 0) is 56.1 Å². The summed E-state index contributed by atoms with van der Waals surface area (Å²) in [5.74, 6) is 1.38. The molecule has 1 unspecified atom stereocenters. The summed E-state index contributed by atoms with van der Waals surface area (Å²) in [6.07, 6.45) is 10.0. The fourth-order valence-corrected chi connectivity index (χ4v) is 5.26. The van der Waals surface area contributed by atoms with Gasteiger partial charge in [0.1, 0.15) is 0 Å². The molecule has 28 heavy (non-hydrogen) atoms. The first-order valence-electron chi connectivity index (χ1n) is 11.0. The van der Waals surface area contributed by atoms with Crippen molar-refractivity contribution < 1.29 is 9.59 Å². The maximum Gasteiger partial charge on any atom is 0.224 e. The van der Waals surface area contributed by atoms with E-state index in [1.54, 1.807) is 0 Å². The van der Waals surface area contributed by atoms with Crippen molar-refractivity contribution in [3.63, 3.8) is 0 Å². The predicted molar refractivity (Wildman–Crippen MR) is 108 cm³/mol. The number of nitrogens with one attached hydrogen (secondary N) is 1. The Morgan fingerprint density at radius 2 is 1.96 bits per heavy atom. The van der Waals surface area contributed by atoms with Crippen molar-refractivity contribution in [2.24, 2.45) is 17.3 Å². The highest BCUT2D eigenvalue weighted by atomic mass is 16.2. The number of likely N-dealkylation sites (tertiary alicyclic amines) is 1. The molecule has 2 saturated carbocycles. The van der Waals surface area contributed by atoms with Crippen molar-refractivity contribution in [3.05, 3.63) is 29.6 Å². The summed E-state index contributed by atoms with van der Waals surface area (Å²) in [4.78, 5) is 31.6. The molecule has 152 valence electrons. The molecule has 3 fully saturated rings. The number of amides is 2. The highest BCUT2D eigenvalue weighted by Gasteiger charge is 2.58. The van der Waals surface area contributed by atoms with Crippen LogP contribution < -0.4 is 5.32 Å². The Bertz CT molecular complexity index is 718. The van der Waals surface area contributed by atoms with Crippen molar-refractivity contribution in [3.8, 4) is 0 Å². The molecule has 1 atom stereocenters. The second-order valence-corrected chi connectivity index (χ2v) is 9.18. The number of rotatable bonds is 6. The standard InChI is InChI=1S/C23H33N3O2/c1-17-5-4-8-19(25-17)16-24-22(28)20-15-23(20)11-13-26(14-12-23)21(27)10-9-18-6-2-3-7-18/h4-5,8,18,20H,2-3,6-7,9-16H2,1H3,(H,24,28). The minimum absolute atomic E-state index is 0.119. The summed E-state index contributed by atoms with van der Waals surface area (Å²) >= 11 is 0. The average Bonchev–Trinajstić information content (AvgIpc) is 3.14. The molecule has 0 aromatic carbocycles. The van der Waals surface area contributed by atoms with Crippen molar-refractivity contribution in [2.45, 2.75) is 71.3 Å². The Morgan fingerprint density at radius 3 is 2.68 bits per heavy atom. The number of aromatic nitrogens is 1. The molecule has 2 aliphatic carbocycles. The van der Waals surface area contributed by atoms with Crippen molar-refractivity contribution >= 4 is 11.8 Å². The number of pyridine rings is 1. The monoisotopic (exact) mass is 383 g/mol. The van der Waals surface area contributed by atoms with Crippen LogP contribution in [-0.4, -0.2) is 34.8 Å². The molecule has 2 amide bonds. The van der Waals surface area contributed by atoms with Gasteiger partial charge in [0.25, 0.3) is 0 Å². The first-order valence-corrected chi connectivity index (χ1v) is 11.0. The van der Waals surface area contributed by atoms with E-state index in [0.717, 1.165) is 56.1 Å². The van der Waals surface area contributed by atoms with Crippen LogP contribution in [0.15, 0.2) is 18.2 Å². The van der Waals surface area contributed by atoms with Gasteiger partial charge in [-0.15, -0.1) is 0 Å². The van der Waals surface area contributed by atoms with Crippen LogP contribution in [0.4, 0.5) is 0 Å². The zero-order valence-corrected chi connectivity index (χ0v) is 17.1. The molecular formula is C23H33N3O2. The molecular weight excluding hydrogens is 350 g/mol. The van der Waals surface area contributed by atoms with Crippen LogP contribution in [0.25, 0.3) is 0 Å². The smallest absolute Gasteiger partial charge is 0.224 e. The molecule has 1 N–H and O–H groups in total. The second kappa shape index (κ2) is 8.22. The summed E-state index contributed by atoms with van der Waals surface area (Å²) in [5.41, 5.74) is 2.03. The van der Waals surface area contributed by atoms with Crippen LogP contribution in [0.5, 0.6) is 0 Å². The van der Waals surface area contributed by atoms with E-state index in [1.165, 1.54) is 25.7 Å². The molecule has 1 aromatic heterocycles. The van der Waals surface area contributed by atoms with E-state index in [0.29, 0.717) is 18.9 Å². The minimum atomic E-state index is 0.119. The Kier molecular flexibility index (Phi) is 5.70. The molecule has 1 aromatic rings. The summed E-state index contributed by atoms with van der Waals surface area (Å²) in [7, 11) is 0. The van der Waals surface area contributed by atoms with Gasteiger partial charge in [-0.25, -0.2) is 0 Å². The second-order valence-electron chi connectivity index (χ2n) is 9.18. The summed E-state index contributed by atoms with van der Waals surface area (Å²) < 4.78 is 0. The van der Waals surface area contributed by atoms with Gasteiger partial charge in [-0.1, -0.05) is 31.7 Å². The van der Waals surface area contributed by atoms with Crippen LogP contribution in [0.2, 0.25) is 0 Å². The van der Waals surface area contributed by atoms with Crippen LogP contribution >= 0.6 is 0 Å². The Balaban J connectivity index is 1.19. The largest absolute Gasteiger partial charge is 0.350 e. The van der Waals surface area contributed by atoms with Gasteiger partial charge >= 0.3 is 0 Å². The molecule has 1 saturated heterocycles. The molecule has 4 rings (SSSR count). The van der Waals surface area contributed by atoms with Gasteiger partial charge in [0.05, 0.1) is 12.2 Å². The summed E-state index contributed by atoms with van der Waals surface area (Å²) in [6.45, 7) is 4.11. The molecule has 3 aliphatic rings. The lowest BCUT2D eigenvalue weighted by Crippen LogP contribution is -2.40. The zero-order valence-electron chi connectivity index (χ0n) is 17.1. The van der Waals surface area contributed by atoms with Gasteiger partial charge in [-0.3, -0.25) is 14.6 Å². The summed E-state index contributed by atoms with van der Waals surface area (Å²) in [5, 5.41) is 3.06. The number of carbonyl (C=O) groups excluding carboxylic acids is 2. The lowest BCUT2D eigenvalue weighted by Gasteiger charge is -2.33. The van der Waals surface area contributed by atoms with E-state index >= 15 is 0 Å². The number of aryl methyl sites for hydroxylation is 1. The lowest BCUT2D eigenvalue weighted by molar-refractivity contribution is -0.133. The van der Waals surface area contributed by atoms with Crippen LogP contribution in [-0.2, 0) is 16.1 Å². The lowest BCUT2D eigenvalue weighted by atomic mass is 9.90. The summed E-state index contributed by atoms with van der Waals surface area (Å²) in [6, 6.07) is 5.89. The molecule has 1 aliphatic heterocycles. The van der Waals surface area contributed by atoms with E-state index in [1.807, 2.05) is 30.0 Å². The Hall–Kier alpha value is -1.91. The fraction of sp³-hybridized carbons (Fsp3) is 0.696. The third-order valence-electron chi connectivity index (χ3n) is 7.25. The SMILES string of the molecule is Cc1cccc(CNC(=O)C2CC23CCN(C(=O)CCC2CCCC2)CC3)n1. The van der Waals surface area contributed by atoms with E-state index in [9.17, 15) is 9.59 Å². The number of carbonyl (C=O) groups is 2. The number of piperidine rings is 1. The van der Waals surface area contributed by atoms with E-state index in [2.05, 4.69) is 10.3 Å². The third-order valence-corrected chi connectivity index (χ3v) is 7.25. The highest BCUT2D eigenvalue weighted by molar-refractivity contribution is 5.82. The van der Waals surface area contributed by atoms with E-state index in [-0.39, 0.29) is 17.2 Å². The number of hydrogen-bond donors (Lipinski definition) is 1. The van der Waals surface area contributed by atoms with Crippen LogP contribution in [0, 0.1) is 24.2 Å². The quantitative estimate of drug-likeness (QED) is 0.816. The van der Waals surface area contributed by atoms with Gasteiger partial charge in [0.2, 0.25) is 11.8 Å². The zero-order chi connectivity index (χ0) is 19.6. The average molecular weight is 384 g/mol. The van der Waals surface area contributed by atoms with Gasteiger partial charge in [0, 0.05) is 31.1 Å². The molecule has 0 radical (unpaired) electrons. The first-order chi connectivity index (χ1) is 13.6. The fourth-order valence-electron chi connectivity index (χ4n) is 5.26. The molecule has 5 heteroatoms. The molecule has 5 nitrogen and oxygen atoms in total. The van der Waals surface area contributed by atoms with E-state index < -0.39 is 0 Å². The minimum Gasteiger partial charge on any atom is -0.350 e. The number of hydrogen-bond acceptors (Lipinski definition) is 3.